The van der Waals surface area contributed by atoms with Gasteiger partial charge >= 0.3 is 0 Å². The van der Waals surface area contributed by atoms with Gasteiger partial charge in [0.2, 0.25) is 11.8 Å². The summed E-state index contributed by atoms with van der Waals surface area (Å²) in [5.41, 5.74) is 0.684. The van der Waals surface area contributed by atoms with Crippen molar-refractivity contribution >= 4 is 17.6 Å². The fourth-order valence-corrected chi connectivity index (χ4v) is 1.74. The van der Waals surface area contributed by atoms with Gasteiger partial charge in [-0.3, -0.25) is 14.4 Å². The van der Waals surface area contributed by atoms with E-state index in [1.165, 1.54) is 11.8 Å². The Labute approximate surface area is 101 Å². The van der Waals surface area contributed by atoms with Crippen molar-refractivity contribution in [2.75, 3.05) is 13.1 Å². The Hall–Kier alpha value is -1.65. The zero-order valence-corrected chi connectivity index (χ0v) is 10.3. The standard InChI is InChI=1S/C12H18N2O3/c1-8-6-9(2)14(12(8)17)7-11(16)13-5-4-10(3)15/h8H,2,4-7H2,1,3H3,(H,13,16). The zero-order chi connectivity index (χ0) is 13.0. The van der Waals surface area contributed by atoms with Crippen molar-refractivity contribution in [3.8, 4) is 0 Å². The molecule has 2 amide bonds. The summed E-state index contributed by atoms with van der Waals surface area (Å²) in [6.07, 6.45) is 0.927. The second-order valence-electron chi connectivity index (χ2n) is 4.40. The summed E-state index contributed by atoms with van der Waals surface area (Å²) in [6.45, 7) is 7.38. The molecule has 0 radical (unpaired) electrons. The average Bonchev–Trinajstić information content (AvgIpc) is 2.44. The fraction of sp³-hybridized carbons (Fsp3) is 0.583. The van der Waals surface area contributed by atoms with Gasteiger partial charge in [0.1, 0.15) is 12.3 Å². The number of hydrogen-bond donors (Lipinski definition) is 1. The van der Waals surface area contributed by atoms with Gasteiger partial charge in [0.25, 0.3) is 0 Å². The number of carbonyl (C=O) groups excluding carboxylic acids is 3. The van der Waals surface area contributed by atoms with E-state index in [1.807, 2.05) is 6.92 Å². The van der Waals surface area contributed by atoms with E-state index in [0.717, 1.165) is 0 Å². The molecule has 1 fully saturated rings. The molecule has 0 spiro atoms. The van der Waals surface area contributed by atoms with Gasteiger partial charge in [-0.05, 0) is 13.3 Å². The number of amides is 2. The van der Waals surface area contributed by atoms with Crippen molar-refractivity contribution in [3.05, 3.63) is 12.3 Å². The summed E-state index contributed by atoms with van der Waals surface area (Å²) >= 11 is 0. The summed E-state index contributed by atoms with van der Waals surface area (Å²) in [4.78, 5) is 35.3. The van der Waals surface area contributed by atoms with Crippen LogP contribution in [0.4, 0.5) is 0 Å². The number of rotatable bonds is 5. The molecule has 0 aromatic carbocycles. The molecule has 1 aliphatic heterocycles. The highest BCUT2D eigenvalue weighted by molar-refractivity contribution is 5.89. The topological polar surface area (TPSA) is 66.5 Å². The van der Waals surface area contributed by atoms with E-state index in [4.69, 9.17) is 0 Å². The SMILES string of the molecule is C=C1CC(C)C(=O)N1CC(=O)NCCC(C)=O. The van der Waals surface area contributed by atoms with E-state index < -0.39 is 0 Å². The summed E-state index contributed by atoms with van der Waals surface area (Å²) in [6, 6.07) is 0. The van der Waals surface area contributed by atoms with Gasteiger partial charge in [-0.25, -0.2) is 0 Å². The van der Waals surface area contributed by atoms with Crippen molar-refractivity contribution in [1.82, 2.24) is 10.2 Å². The van der Waals surface area contributed by atoms with Crippen LogP contribution in [0, 0.1) is 5.92 Å². The summed E-state index contributed by atoms with van der Waals surface area (Å²) < 4.78 is 0. The maximum atomic E-state index is 11.7. The molecule has 17 heavy (non-hydrogen) atoms. The third-order valence-corrected chi connectivity index (χ3v) is 2.71. The second-order valence-corrected chi connectivity index (χ2v) is 4.40. The lowest BCUT2D eigenvalue weighted by Gasteiger charge is -2.16. The quantitative estimate of drug-likeness (QED) is 0.757. The van der Waals surface area contributed by atoms with Gasteiger partial charge in [0, 0.05) is 24.6 Å². The normalized spacial score (nSPS) is 19.6. The highest BCUT2D eigenvalue weighted by atomic mass is 16.2. The van der Waals surface area contributed by atoms with Gasteiger partial charge in [0.05, 0.1) is 0 Å². The highest BCUT2D eigenvalue weighted by Crippen LogP contribution is 2.25. The van der Waals surface area contributed by atoms with Gasteiger partial charge in [-0.2, -0.15) is 0 Å². The Morgan fingerprint density at radius 1 is 1.53 bits per heavy atom. The number of carbonyl (C=O) groups is 3. The van der Waals surface area contributed by atoms with E-state index in [0.29, 0.717) is 25.1 Å². The predicted molar refractivity (Wildman–Crippen MR) is 62.9 cm³/mol. The minimum atomic E-state index is -0.255. The largest absolute Gasteiger partial charge is 0.354 e. The maximum Gasteiger partial charge on any atom is 0.240 e. The van der Waals surface area contributed by atoms with E-state index in [2.05, 4.69) is 11.9 Å². The zero-order valence-electron chi connectivity index (χ0n) is 10.3. The number of nitrogens with one attached hydrogen (secondary N) is 1. The van der Waals surface area contributed by atoms with Crippen LogP contribution in [0.15, 0.2) is 12.3 Å². The molecule has 1 heterocycles. The molecule has 1 unspecified atom stereocenters. The van der Waals surface area contributed by atoms with E-state index in [9.17, 15) is 14.4 Å². The molecule has 1 aliphatic rings. The first-order valence-electron chi connectivity index (χ1n) is 5.67. The molecule has 1 rings (SSSR count). The van der Waals surface area contributed by atoms with Crippen LogP contribution in [-0.2, 0) is 14.4 Å². The maximum absolute atomic E-state index is 11.7. The highest BCUT2D eigenvalue weighted by Gasteiger charge is 2.32. The minimum Gasteiger partial charge on any atom is -0.354 e. The van der Waals surface area contributed by atoms with Gasteiger partial charge in [-0.1, -0.05) is 13.5 Å². The Morgan fingerprint density at radius 2 is 2.18 bits per heavy atom. The molecule has 5 nitrogen and oxygen atoms in total. The molecule has 5 heteroatoms. The Morgan fingerprint density at radius 3 is 2.65 bits per heavy atom. The van der Waals surface area contributed by atoms with Crippen LogP contribution in [0.25, 0.3) is 0 Å². The van der Waals surface area contributed by atoms with Crippen molar-refractivity contribution in [2.45, 2.75) is 26.7 Å². The molecule has 1 N–H and O–H groups in total. The molecular weight excluding hydrogens is 220 g/mol. The number of allylic oxidation sites excluding steroid dienone is 1. The van der Waals surface area contributed by atoms with Gasteiger partial charge < -0.3 is 10.2 Å². The predicted octanol–water partition coefficient (Wildman–Crippen LogP) is 0.464. The lowest BCUT2D eigenvalue weighted by Crippen LogP contribution is -2.38. The van der Waals surface area contributed by atoms with Crippen LogP contribution in [0.2, 0.25) is 0 Å². The van der Waals surface area contributed by atoms with Crippen molar-refractivity contribution in [2.24, 2.45) is 5.92 Å². The number of hydrogen-bond acceptors (Lipinski definition) is 3. The van der Waals surface area contributed by atoms with Gasteiger partial charge in [0.15, 0.2) is 0 Å². The van der Waals surface area contributed by atoms with Crippen molar-refractivity contribution < 1.29 is 14.4 Å². The van der Waals surface area contributed by atoms with Crippen molar-refractivity contribution in [1.29, 1.82) is 0 Å². The van der Waals surface area contributed by atoms with Crippen LogP contribution < -0.4 is 5.32 Å². The second kappa shape index (κ2) is 5.61. The molecule has 0 aromatic heterocycles. The molecule has 0 aromatic rings. The first-order valence-corrected chi connectivity index (χ1v) is 5.67. The molecular formula is C12H18N2O3. The Balaban J connectivity index is 2.38. The molecule has 0 aliphatic carbocycles. The average molecular weight is 238 g/mol. The summed E-state index contributed by atoms with van der Waals surface area (Å²) in [7, 11) is 0. The molecule has 0 saturated carbocycles. The van der Waals surface area contributed by atoms with E-state index in [1.54, 1.807) is 0 Å². The lowest BCUT2D eigenvalue weighted by atomic mass is 10.1. The third kappa shape index (κ3) is 3.69. The third-order valence-electron chi connectivity index (χ3n) is 2.71. The fourth-order valence-electron chi connectivity index (χ4n) is 1.74. The van der Waals surface area contributed by atoms with Crippen LogP contribution in [0.1, 0.15) is 26.7 Å². The van der Waals surface area contributed by atoms with Crippen molar-refractivity contribution in [3.63, 3.8) is 0 Å². The monoisotopic (exact) mass is 238 g/mol. The minimum absolute atomic E-state index is 0.0000879. The first kappa shape index (κ1) is 13.4. The van der Waals surface area contributed by atoms with E-state index in [-0.39, 0.29) is 30.1 Å². The number of ketones is 1. The van der Waals surface area contributed by atoms with Crippen LogP contribution >= 0.6 is 0 Å². The van der Waals surface area contributed by atoms with E-state index >= 15 is 0 Å². The van der Waals surface area contributed by atoms with Gasteiger partial charge in [-0.15, -0.1) is 0 Å². The summed E-state index contributed by atoms with van der Waals surface area (Å²) in [5.74, 6) is -0.375. The number of likely N-dealkylation sites (tertiary alicyclic amines) is 1. The number of Topliss-reactive ketones (excluding diaryl/α,β-unsaturated/α-hetero) is 1. The van der Waals surface area contributed by atoms with Crippen LogP contribution in [0.3, 0.4) is 0 Å². The molecule has 0 bridgehead atoms. The smallest absolute Gasteiger partial charge is 0.240 e. The first-order chi connectivity index (χ1) is 7.91. The van der Waals surface area contributed by atoms with Crippen LogP contribution in [0.5, 0.6) is 0 Å². The number of nitrogens with zero attached hydrogens (tertiary/aromatic N) is 1. The molecule has 1 saturated heterocycles. The summed E-state index contributed by atoms with van der Waals surface area (Å²) in [5, 5.41) is 2.60. The Kier molecular flexibility index (Phi) is 4.43. The Bertz CT molecular complexity index is 363. The van der Waals surface area contributed by atoms with Crippen LogP contribution in [-0.4, -0.2) is 35.6 Å². The molecule has 1 atom stereocenters. The lowest BCUT2D eigenvalue weighted by molar-refractivity contribution is -0.134. The molecule has 94 valence electrons.